The lowest BCUT2D eigenvalue weighted by Crippen LogP contribution is -2.19. The average Bonchev–Trinajstić information content (AvgIpc) is 2.48. The first-order valence-corrected chi connectivity index (χ1v) is 6.73. The monoisotopic (exact) mass is 317 g/mol. The van der Waals surface area contributed by atoms with Crippen molar-refractivity contribution < 1.29 is 9.72 Å². The predicted molar refractivity (Wildman–Crippen MR) is 84.0 cm³/mol. The van der Waals surface area contributed by atoms with Crippen molar-refractivity contribution in [2.24, 2.45) is 5.10 Å². The molecule has 1 amide bonds. The van der Waals surface area contributed by atoms with Crippen LogP contribution < -0.4 is 5.43 Å². The van der Waals surface area contributed by atoms with Gasteiger partial charge in [0, 0.05) is 17.2 Å². The summed E-state index contributed by atoms with van der Waals surface area (Å²) < 4.78 is 0. The largest absolute Gasteiger partial charge is 0.273 e. The van der Waals surface area contributed by atoms with Gasteiger partial charge in [-0.2, -0.15) is 5.10 Å². The van der Waals surface area contributed by atoms with Crippen molar-refractivity contribution in [2.45, 2.75) is 6.42 Å². The molecule has 0 saturated carbocycles. The number of carbonyl (C=O) groups excluding carboxylic acids is 1. The Morgan fingerprint density at radius 2 is 2.00 bits per heavy atom. The van der Waals surface area contributed by atoms with Gasteiger partial charge >= 0.3 is 0 Å². The number of nitro groups is 1. The van der Waals surface area contributed by atoms with Crippen LogP contribution in [0.2, 0.25) is 5.02 Å². The van der Waals surface area contributed by atoms with Crippen LogP contribution in [0.4, 0.5) is 5.69 Å². The Balaban J connectivity index is 1.89. The lowest BCUT2D eigenvalue weighted by atomic mass is 10.1. The van der Waals surface area contributed by atoms with Gasteiger partial charge in [0.15, 0.2) is 0 Å². The first-order valence-electron chi connectivity index (χ1n) is 6.35. The number of nitro benzene ring substituents is 1. The van der Waals surface area contributed by atoms with Gasteiger partial charge in [0.1, 0.15) is 0 Å². The minimum absolute atomic E-state index is 0.0110. The number of non-ortho nitro benzene ring substituents is 1. The summed E-state index contributed by atoms with van der Waals surface area (Å²) in [5.41, 5.74) is 3.81. The van der Waals surface area contributed by atoms with Gasteiger partial charge in [0.05, 0.1) is 17.6 Å². The SMILES string of the molecule is O=C(Cc1ccc([N+](=O)[O-])cc1)NN=Cc1cccc(Cl)c1. The molecule has 2 aromatic rings. The van der Waals surface area contributed by atoms with Gasteiger partial charge in [-0.1, -0.05) is 35.9 Å². The van der Waals surface area contributed by atoms with E-state index < -0.39 is 4.92 Å². The summed E-state index contributed by atoms with van der Waals surface area (Å²) in [4.78, 5) is 21.7. The topological polar surface area (TPSA) is 84.6 Å². The number of nitrogens with zero attached hydrogens (tertiary/aromatic N) is 2. The van der Waals surface area contributed by atoms with Crippen molar-refractivity contribution in [1.82, 2.24) is 5.43 Å². The van der Waals surface area contributed by atoms with E-state index in [9.17, 15) is 14.9 Å². The van der Waals surface area contributed by atoms with Crippen molar-refractivity contribution in [2.75, 3.05) is 0 Å². The van der Waals surface area contributed by atoms with Crippen LogP contribution in [-0.2, 0) is 11.2 Å². The zero-order valence-corrected chi connectivity index (χ0v) is 12.2. The molecule has 0 saturated heterocycles. The summed E-state index contributed by atoms with van der Waals surface area (Å²) in [6, 6.07) is 12.8. The number of amides is 1. The molecule has 0 atom stereocenters. The fraction of sp³-hybridized carbons (Fsp3) is 0.0667. The van der Waals surface area contributed by atoms with E-state index in [0.717, 1.165) is 5.56 Å². The standard InChI is InChI=1S/C15H12ClN3O3/c16-13-3-1-2-12(8-13)10-17-18-15(20)9-11-4-6-14(7-5-11)19(21)22/h1-8,10H,9H2,(H,18,20). The zero-order chi connectivity index (χ0) is 15.9. The molecule has 112 valence electrons. The molecule has 0 aliphatic carbocycles. The third kappa shape index (κ3) is 4.68. The number of nitrogens with one attached hydrogen (secondary N) is 1. The summed E-state index contributed by atoms with van der Waals surface area (Å²) in [5.74, 6) is -0.313. The third-order valence-corrected chi connectivity index (χ3v) is 3.00. The fourth-order valence-corrected chi connectivity index (χ4v) is 1.92. The summed E-state index contributed by atoms with van der Waals surface area (Å²) in [7, 11) is 0. The Kier molecular flexibility index (Phi) is 5.21. The number of benzene rings is 2. The molecule has 2 rings (SSSR count). The Bertz CT molecular complexity index is 714. The van der Waals surface area contributed by atoms with E-state index in [2.05, 4.69) is 10.5 Å². The van der Waals surface area contributed by atoms with Crippen molar-refractivity contribution in [3.05, 3.63) is 74.8 Å². The maximum Gasteiger partial charge on any atom is 0.269 e. The summed E-state index contributed by atoms with van der Waals surface area (Å²) in [6.45, 7) is 0. The normalized spacial score (nSPS) is 10.6. The van der Waals surface area contributed by atoms with Crippen LogP contribution in [0, 0.1) is 10.1 Å². The molecule has 0 unspecified atom stereocenters. The number of halogens is 1. The van der Waals surface area contributed by atoms with Crippen LogP contribution in [0.1, 0.15) is 11.1 Å². The maximum absolute atomic E-state index is 11.7. The van der Waals surface area contributed by atoms with Gasteiger partial charge in [-0.15, -0.1) is 0 Å². The van der Waals surface area contributed by atoms with Gasteiger partial charge in [-0.05, 0) is 23.3 Å². The molecule has 7 heteroatoms. The minimum Gasteiger partial charge on any atom is -0.273 e. The highest BCUT2D eigenvalue weighted by Gasteiger charge is 2.06. The number of rotatable bonds is 5. The Morgan fingerprint density at radius 3 is 2.64 bits per heavy atom. The number of hydrazone groups is 1. The molecule has 0 bridgehead atoms. The summed E-state index contributed by atoms with van der Waals surface area (Å²) in [5, 5.41) is 14.9. The van der Waals surface area contributed by atoms with Gasteiger partial charge in [0.2, 0.25) is 5.91 Å². The molecular weight excluding hydrogens is 306 g/mol. The lowest BCUT2D eigenvalue weighted by Gasteiger charge is -2.00. The highest BCUT2D eigenvalue weighted by molar-refractivity contribution is 6.30. The zero-order valence-electron chi connectivity index (χ0n) is 11.4. The van der Waals surface area contributed by atoms with E-state index in [-0.39, 0.29) is 18.0 Å². The van der Waals surface area contributed by atoms with Crippen LogP contribution in [0.3, 0.4) is 0 Å². The van der Waals surface area contributed by atoms with E-state index in [4.69, 9.17) is 11.6 Å². The van der Waals surface area contributed by atoms with Crippen LogP contribution in [-0.4, -0.2) is 17.0 Å². The average molecular weight is 318 g/mol. The molecule has 0 radical (unpaired) electrons. The summed E-state index contributed by atoms with van der Waals surface area (Å²) >= 11 is 5.83. The Morgan fingerprint density at radius 1 is 1.27 bits per heavy atom. The predicted octanol–water partition coefficient (Wildman–Crippen LogP) is 2.94. The molecule has 0 spiro atoms. The molecule has 0 aliphatic rings. The Labute approximate surface area is 131 Å². The van der Waals surface area contributed by atoms with Crippen LogP contribution in [0.15, 0.2) is 53.6 Å². The van der Waals surface area contributed by atoms with Crippen molar-refractivity contribution in [3.8, 4) is 0 Å². The first kappa shape index (κ1) is 15.7. The molecule has 22 heavy (non-hydrogen) atoms. The van der Waals surface area contributed by atoms with Crippen molar-refractivity contribution in [3.63, 3.8) is 0 Å². The van der Waals surface area contributed by atoms with Gasteiger partial charge < -0.3 is 0 Å². The van der Waals surface area contributed by atoms with E-state index >= 15 is 0 Å². The molecule has 2 aromatic carbocycles. The van der Waals surface area contributed by atoms with E-state index in [1.165, 1.54) is 18.3 Å². The van der Waals surface area contributed by atoms with Crippen LogP contribution in [0.25, 0.3) is 0 Å². The molecule has 6 nitrogen and oxygen atoms in total. The highest BCUT2D eigenvalue weighted by atomic mass is 35.5. The molecule has 0 aliphatic heterocycles. The molecule has 0 heterocycles. The second-order valence-corrected chi connectivity index (χ2v) is 4.88. The fourth-order valence-electron chi connectivity index (χ4n) is 1.73. The van der Waals surface area contributed by atoms with Crippen molar-refractivity contribution >= 4 is 29.4 Å². The van der Waals surface area contributed by atoms with E-state index in [0.29, 0.717) is 10.6 Å². The maximum atomic E-state index is 11.7. The molecule has 0 aromatic heterocycles. The summed E-state index contributed by atoms with van der Waals surface area (Å²) in [6.07, 6.45) is 1.57. The van der Waals surface area contributed by atoms with Gasteiger partial charge in [-0.3, -0.25) is 14.9 Å². The van der Waals surface area contributed by atoms with Crippen LogP contribution in [0.5, 0.6) is 0 Å². The smallest absolute Gasteiger partial charge is 0.269 e. The number of carbonyl (C=O) groups is 1. The molecule has 1 N–H and O–H groups in total. The molecule has 0 fully saturated rings. The van der Waals surface area contributed by atoms with Gasteiger partial charge in [-0.25, -0.2) is 5.43 Å². The van der Waals surface area contributed by atoms with E-state index in [1.54, 1.807) is 36.4 Å². The first-order chi connectivity index (χ1) is 10.5. The minimum atomic E-state index is -0.487. The number of hydrogen-bond acceptors (Lipinski definition) is 4. The second kappa shape index (κ2) is 7.33. The second-order valence-electron chi connectivity index (χ2n) is 4.45. The highest BCUT2D eigenvalue weighted by Crippen LogP contribution is 2.12. The van der Waals surface area contributed by atoms with Gasteiger partial charge in [0.25, 0.3) is 5.69 Å². The quantitative estimate of drug-likeness (QED) is 0.522. The Hall–Kier alpha value is -2.73. The number of hydrogen-bond donors (Lipinski definition) is 1. The van der Waals surface area contributed by atoms with E-state index in [1.807, 2.05) is 0 Å². The van der Waals surface area contributed by atoms with Crippen LogP contribution >= 0.6 is 11.6 Å². The third-order valence-electron chi connectivity index (χ3n) is 2.76. The van der Waals surface area contributed by atoms with Crippen molar-refractivity contribution in [1.29, 1.82) is 0 Å². The molecular formula is C15H12ClN3O3. The lowest BCUT2D eigenvalue weighted by molar-refractivity contribution is -0.384.